The third-order valence-electron chi connectivity index (χ3n) is 2.97. The molecular weight excluding hydrogens is 281 g/mol. The minimum absolute atomic E-state index is 0.109. The summed E-state index contributed by atoms with van der Waals surface area (Å²) in [6.07, 6.45) is -5.33. The molecule has 0 spiro atoms. The van der Waals surface area contributed by atoms with Gasteiger partial charge in [-0.05, 0) is 36.4 Å². The topological polar surface area (TPSA) is 46.5 Å². The number of thioether (sulfide) groups is 1. The van der Waals surface area contributed by atoms with Gasteiger partial charge in [0.05, 0.1) is 0 Å². The van der Waals surface area contributed by atoms with Crippen molar-refractivity contribution in [2.45, 2.75) is 23.6 Å². The van der Waals surface area contributed by atoms with Gasteiger partial charge < -0.3 is 9.84 Å². The summed E-state index contributed by atoms with van der Waals surface area (Å²) >= 11 is 1.43. The average molecular weight is 292 g/mol. The van der Waals surface area contributed by atoms with Gasteiger partial charge in [0.2, 0.25) is 6.10 Å². The molecule has 7 heteroatoms. The molecule has 2 unspecified atom stereocenters. The second-order valence-corrected chi connectivity index (χ2v) is 5.08. The number of carbonyl (C=O) groups is 1. The van der Waals surface area contributed by atoms with Crippen LogP contribution in [0.25, 0.3) is 0 Å². The van der Waals surface area contributed by atoms with Gasteiger partial charge in [-0.1, -0.05) is 0 Å². The van der Waals surface area contributed by atoms with E-state index in [4.69, 9.17) is 9.84 Å². The van der Waals surface area contributed by atoms with E-state index >= 15 is 0 Å². The molecule has 3 nitrogen and oxygen atoms in total. The lowest BCUT2D eigenvalue weighted by Crippen LogP contribution is -2.47. The molecule has 2 rings (SSSR count). The fourth-order valence-electron chi connectivity index (χ4n) is 2.03. The standard InChI is InChI=1S/C12H11F3O3S/c1-19-7-2-3-9-6(4-7)5-8(11(16)17)10(18-9)12(13,14)15/h2-4,8,10H,5H2,1H3,(H,16,17). The summed E-state index contributed by atoms with van der Waals surface area (Å²) < 4.78 is 43.3. The minimum atomic E-state index is -4.70. The van der Waals surface area contributed by atoms with Gasteiger partial charge in [0.25, 0.3) is 0 Å². The Hall–Kier alpha value is -1.37. The van der Waals surface area contributed by atoms with Crippen molar-refractivity contribution < 1.29 is 27.8 Å². The maximum absolute atomic E-state index is 12.8. The van der Waals surface area contributed by atoms with E-state index in [1.807, 2.05) is 6.26 Å². The predicted molar refractivity (Wildman–Crippen MR) is 63.5 cm³/mol. The highest BCUT2D eigenvalue weighted by molar-refractivity contribution is 7.98. The number of aliphatic carboxylic acids is 1. The zero-order chi connectivity index (χ0) is 14.2. The van der Waals surface area contributed by atoms with Gasteiger partial charge in [-0.25, -0.2) is 0 Å². The molecule has 0 bridgehead atoms. The van der Waals surface area contributed by atoms with Crippen molar-refractivity contribution in [3.63, 3.8) is 0 Å². The summed E-state index contributed by atoms with van der Waals surface area (Å²) in [4.78, 5) is 11.8. The maximum atomic E-state index is 12.8. The Morgan fingerprint density at radius 1 is 1.47 bits per heavy atom. The van der Waals surface area contributed by atoms with Crippen LogP contribution in [0, 0.1) is 5.92 Å². The van der Waals surface area contributed by atoms with Crippen molar-refractivity contribution in [2.75, 3.05) is 6.26 Å². The Morgan fingerprint density at radius 3 is 2.68 bits per heavy atom. The SMILES string of the molecule is CSc1ccc2c(c1)CC(C(=O)O)C(C(F)(F)F)O2. The summed E-state index contributed by atoms with van der Waals surface area (Å²) in [7, 11) is 0. The third kappa shape index (κ3) is 2.80. The van der Waals surface area contributed by atoms with E-state index in [1.54, 1.807) is 12.1 Å². The highest BCUT2D eigenvalue weighted by Gasteiger charge is 2.52. The van der Waals surface area contributed by atoms with Gasteiger partial charge in [0.15, 0.2) is 0 Å². The molecule has 19 heavy (non-hydrogen) atoms. The molecular formula is C12H11F3O3S. The summed E-state index contributed by atoms with van der Waals surface area (Å²) in [6, 6.07) is 4.78. The fourth-order valence-corrected chi connectivity index (χ4v) is 2.50. The van der Waals surface area contributed by atoms with Gasteiger partial charge in [-0.3, -0.25) is 4.79 Å². The smallest absolute Gasteiger partial charge is 0.426 e. The minimum Gasteiger partial charge on any atom is -0.481 e. The first-order valence-corrected chi connectivity index (χ1v) is 6.68. The lowest BCUT2D eigenvalue weighted by atomic mass is 9.90. The molecule has 1 N–H and O–H groups in total. The molecule has 2 atom stereocenters. The number of carboxylic acids is 1. The van der Waals surface area contributed by atoms with Crippen LogP contribution in [-0.2, 0) is 11.2 Å². The van der Waals surface area contributed by atoms with E-state index in [2.05, 4.69) is 0 Å². The van der Waals surface area contributed by atoms with Gasteiger partial charge >= 0.3 is 12.1 Å². The first-order valence-electron chi connectivity index (χ1n) is 5.46. The van der Waals surface area contributed by atoms with Crippen LogP contribution in [0.4, 0.5) is 13.2 Å². The number of fused-ring (bicyclic) bond motifs is 1. The number of hydrogen-bond donors (Lipinski definition) is 1. The lowest BCUT2D eigenvalue weighted by Gasteiger charge is -2.32. The summed E-state index contributed by atoms with van der Waals surface area (Å²) in [5, 5.41) is 8.94. The second kappa shape index (κ2) is 4.96. The van der Waals surface area contributed by atoms with Crippen molar-refractivity contribution in [3.05, 3.63) is 23.8 Å². The molecule has 0 fully saturated rings. The second-order valence-electron chi connectivity index (χ2n) is 4.20. The summed E-state index contributed by atoms with van der Waals surface area (Å²) in [5.41, 5.74) is 0.500. The predicted octanol–water partition coefficient (Wildman–Crippen LogP) is 2.98. The quantitative estimate of drug-likeness (QED) is 0.851. The number of alkyl halides is 3. The molecule has 0 amide bonds. The van der Waals surface area contributed by atoms with Crippen molar-refractivity contribution in [3.8, 4) is 5.75 Å². The summed E-state index contributed by atoms with van der Waals surface area (Å²) in [6.45, 7) is 0. The van der Waals surface area contributed by atoms with Crippen LogP contribution in [0.1, 0.15) is 5.56 Å². The molecule has 1 aromatic rings. The number of benzene rings is 1. The van der Waals surface area contributed by atoms with Gasteiger partial charge in [0, 0.05) is 4.90 Å². The molecule has 1 heterocycles. The Kier molecular flexibility index (Phi) is 3.66. The monoisotopic (exact) mass is 292 g/mol. The molecule has 0 saturated heterocycles. The van der Waals surface area contributed by atoms with E-state index < -0.39 is 24.2 Å². The van der Waals surface area contributed by atoms with Crippen molar-refractivity contribution in [2.24, 2.45) is 5.92 Å². The Bertz CT molecular complexity index is 501. The van der Waals surface area contributed by atoms with Crippen molar-refractivity contribution >= 4 is 17.7 Å². The van der Waals surface area contributed by atoms with E-state index in [1.165, 1.54) is 17.8 Å². The van der Waals surface area contributed by atoms with Crippen LogP contribution >= 0.6 is 11.8 Å². The Morgan fingerprint density at radius 2 is 2.16 bits per heavy atom. The highest BCUT2D eigenvalue weighted by Crippen LogP contribution is 2.39. The van der Waals surface area contributed by atoms with Crippen molar-refractivity contribution in [1.29, 1.82) is 0 Å². The third-order valence-corrected chi connectivity index (χ3v) is 3.69. The largest absolute Gasteiger partial charge is 0.481 e. The first-order chi connectivity index (χ1) is 8.82. The zero-order valence-electron chi connectivity index (χ0n) is 9.90. The first kappa shape index (κ1) is 14.0. The summed E-state index contributed by atoms with van der Waals surface area (Å²) in [5.74, 6) is -3.00. The maximum Gasteiger partial charge on any atom is 0.426 e. The molecule has 1 aromatic carbocycles. The molecule has 1 aliphatic rings. The molecule has 104 valence electrons. The lowest BCUT2D eigenvalue weighted by molar-refractivity contribution is -0.217. The van der Waals surface area contributed by atoms with Crippen LogP contribution < -0.4 is 4.74 Å². The number of halogens is 3. The number of ether oxygens (including phenoxy) is 1. The molecule has 0 radical (unpaired) electrons. The van der Waals surface area contributed by atoms with Crippen LogP contribution in [0.5, 0.6) is 5.75 Å². The van der Waals surface area contributed by atoms with E-state index in [0.717, 1.165) is 4.90 Å². The van der Waals surface area contributed by atoms with Gasteiger partial charge in [-0.15, -0.1) is 11.8 Å². The van der Waals surface area contributed by atoms with E-state index in [-0.39, 0.29) is 12.2 Å². The van der Waals surface area contributed by atoms with Crippen LogP contribution in [0.15, 0.2) is 23.1 Å². The van der Waals surface area contributed by atoms with Crippen LogP contribution in [0.3, 0.4) is 0 Å². The normalized spacial score (nSPS) is 22.5. The zero-order valence-corrected chi connectivity index (χ0v) is 10.7. The Labute approximate surface area is 111 Å². The molecule has 1 aliphatic heterocycles. The molecule has 0 aliphatic carbocycles. The van der Waals surface area contributed by atoms with E-state index in [0.29, 0.717) is 5.56 Å². The number of rotatable bonds is 2. The van der Waals surface area contributed by atoms with E-state index in [9.17, 15) is 18.0 Å². The van der Waals surface area contributed by atoms with Gasteiger partial charge in [0.1, 0.15) is 11.7 Å². The molecule has 0 aromatic heterocycles. The number of carboxylic acid groups (broad SMARTS) is 1. The highest BCUT2D eigenvalue weighted by atomic mass is 32.2. The average Bonchev–Trinajstić information content (AvgIpc) is 2.35. The number of hydrogen-bond acceptors (Lipinski definition) is 3. The van der Waals surface area contributed by atoms with Crippen LogP contribution in [0.2, 0.25) is 0 Å². The van der Waals surface area contributed by atoms with Crippen molar-refractivity contribution in [1.82, 2.24) is 0 Å². The van der Waals surface area contributed by atoms with Crippen LogP contribution in [-0.4, -0.2) is 29.6 Å². The molecule has 0 saturated carbocycles. The van der Waals surface area contributed by atoms with Gasteiger partial charge in [-0.2, -0.15) is 13.2 Å². The fraction of sp³-hybridized carbons (Fsp3) is 0.417. The Balaban J connectivity index is 2.39.